The third-order valence-electron chi connectivity index (χ3n) is 5.85. The molecule has 2 heteroatoms. The summed E-state index contributed by atoms with van der Waals surface area (Å²) in [6, 6.07) is 25.4. The van der Waals surface area contributed by atoms with Gasteiger partial charge in [0.05, 0.1) is 7.11 Å². The van der Waals surface area contributed by atoms with Crippen LogP contribution in [-0.2, 0) is 16.0 Å². The van der Waals surface area contributed by atoms with Crippen molar-refractivity contribution in [3.63, 3.8) is 0 Å². The minimum Gasteiger partial charge on any atom is -0.468 e. The first-order valence-corrected chi connectivity index (χ1v) is 10.2. The summed E-state index contributed by atoms with van der Waals surface area (Å²) in [4.78, 5) is 11.6. The zero-order valence-electron chi connectivity index (χ0n) is 16.8. The van der Waals surface area contributed by atoms with E-state index < -0.39 is 0 Å². The number of esters is 1. The quantitative estimate of drug-likeness (QED) is 0.345. The van der Waals surface area contributed by atoms with Crippen LogP contribution in [-0.4, -0.2) is 13.1 Å². The van der Waals surface area contributed by atoms with Crippen molar-refractivity contribution in [1.82, 2.24) is 0 Å². The second-order valence-electron chi connectivity index (χ2n) is 7.69. The first-order chi connectivity index (χ1) is 14.7. The zero-order chi connectivity index (χ0) is 20.5. The van der Waals surface area contributed by atoms with Gasteiger partial charge in [0.15, 0.2) is 0 Å². The molecule has 0 aromatic heterocycles. The Balaban J connectivity index is 0.000000133. The van der Waals surface area contributed by atoms with E-state index in [-0.39, 0.29) is 11.9 Å². The second kappa shape index (κ2) is 7.64. The topological polar surface area (TPSA) is 26.3 Å². The van der Waals surface area contributed by atoms with Crippen LogP contribution in [0.25, 0.3) is 33.7 Å². The van der Waals surface area contributed by atoms with Gasteiger partial charge in [-0.05, 0) is 68.4 Å². The predicted octanol–water partition coefficient (Wildman–Crippen LogP) is 6.53. The third kappa shape index (κ3) is 3.31. The predicted molar refractivity (Wildman–Crippen MR) is 124 cm³/mol. The third-order valence-corrected chi connectivity index (χ3v) is 5.85. The number of ether oxygens (including phenoxy) is 1. The summed E-state index contributed by atoms with van der Waals surface area (Å²) < 4.78 is 4.81. The molecule has 0 radical (unpaired) electrons. The summed E-state index contributed by atoms with van der Waals surface area (Å²) in [7, 11) is 1.43. The van der Waals surface area contributed by atoms with E-state index in [2.05, 4.69) is 72.8 Å². The molecule has 0 spiro atoms. The molecule has 0 amide bonds. The first-order valence-electron chi connectivity index (χ1n) is 10.2. The number of carbonyl (C=O) groups excluding carboxylic acids is 1. The first kappa shape index (κ1) is 18.4. The number of methoxy groups -OCH3 is 1. The fraction of sp³-hybridized carbons (Fsp3) is 0.107. The smallest absolute Gasteiger partial charge is 0.317 e. The fourth-order valence-electron chi connectivity index (χ4n) is 4.28. The molecule has 0 bridgehead atoms. The van der Waals surface area contributed by atoms with Crippen molar-refractivity contribution in [2.24, 2.45) is 0 Å². The Kier molecular flexibility index (Phi) is 4.68. The molecule has 4 aromatic rings. The highest BCUT2D eigenvalue weighted by Crippen LogP contribution is 2.34. The summed E-state index contributed by atoms with van der Waals surface area (Å²) in [5.74, 6) is -0.449. The molecule has 0 saturated carbocycles. The van der Waals surface area contributed by atoms with Crippen molar-refractivity contribution in [3.8, 4) is 0 Å². The summed E-state index contributed by atoms with van der Waals surface area (Å²) in [6.45, 7) is 0. The fourth-order valence-corrected chi connectivity index (χ4v) is 4.28. The molecule has 0 heterocycles. The Hall–Kier alpha value is -3.65. The summed E-state index contributed by atoms with van der Waals surface area (Å²) in [6.07, 6.45) is 9.42. The van der Waals surface area contributed by atoms with Gasteiger partial charge in [-0.15, -0.1) is 0 Å². The maximum atomic E-state index is 11.6. The Morgan fingerprint density at radius 1 is 0.800 bits per heavy atom. The van der Waals surface area contributed by atoms with Crippen LogP contribution >= 0.6 is 0 Å². The highest BCUT2D eigenvalue weighted by Gasteiger charge is 2.25. The molecule has 2 aliphatic carbocycles. The maximum Gasteiger partial charge on any atom is 0.317 e. The standard InChI is InChI=1S/C15H12O2.C13H10/c1-17-15(16)13-7-6-12-8-10-4-2-3-5-11(10)9-14(12)13;1-2-5-11-9-13-7-3-6-12(13)8-10(11)4-1/h2-9,13H,1H3;1-6,8-9H,7H2. The molecule has 0 fully saturated rings. The summed E-state index contributed by atoms with van der Waals surface area (Å²) >= 11 is 0. The van der Waals surface area contributed by atoms with Crippen LogP contribution in [0.2, 0.25) is 0 Å². The van der Waals surface area contributed by atoms with Crippen LogP contribution in [0, 0.1) is 0 Å². The van der Waals surface area contributed by atoms with E-state index in [9.17, 15) is 4.79 Å². The highest BCUT2D eigenvalue weighted by atomic mass is 16.5. The Labute approximate surface area is 176 Å². The number of rotatable bonds is 1. The van der Waals surface area contributed by atoms with Crippen molar-refractivity contribution < 1.29 is 9.53 Å². The van der Waals surface area contributed by atoms with Crippen molar-refractivity contribution in [2.75, 3.05) is 7.11 Å². The maximum absolute atomic E-state index is 11.6. The molecule has 0 aliphatic heterocycles. The molecule has 1 unspecified atom stereocenters. The zero-order valence-corrected chi connectivity index (χ0v) is 16.8. The molecule has 146 valence electrons. The average Bonchev–Trinajstić information content (AvgIpc) is 3.42. The number of hydrogen-bond acceptors (Lipinski definition) is 2. The lowest BCUT2D eigenvalue weighted by Gasteiger charge is -2.09. The molecular formula is C28H22O2. The molecule has 1 atom stereocenters. The monoisotopic (exact) mass is 390 g/mol. The van der Waals surface area contributed by atoms with E-state index >= 15 is 0 Å². The molecule has 0 N–H and O–H groups in total. The number of carbonyl (C=O) groups is 1. The van der Waals surface area contributed by atoms with Gasteiger partial charge in [0, 0.05) is 0 Å². The Morgan fingerprint density at radius 3 is 2.07 bits per heavy atom. The molecule has 30 heavy (non-hydrogen) atoms. The van der Waals surface area contributed by atoms with Gasteiger partial charge in [0.1, 0.15) is 5.92 Å². The van der Waals surface area contributed by atoms with Crippen LogP contribution in [0.1, 0.15) is 28.2 Å². The molecule has 2 aliphatic rings. The van der Waals surface area contributed by atoms with Crippen LogP contribution in [0.4, 0.5) is 0 Å². The number of fused-ring (bicyclic) bond motifs is 4. The van der Waals surface area contributed by atoms with Crippen LogP contribution in [0.15, 0.2) is 84.9 Å². The molecule has 2 nitrogen and oxygen atoms in total. The van der Waals surface area contributed by atoms with Crippen LogP contribution < -0.4 is 0 Å². The lowest BCUT2D eigenvalue weighted by molar-refractivity contribution is -0.141. The lowest BCUT2D eigenvalue weighted by atomic mass is 9.97. The van der Waals surface area contributed by atoms with Gasteiger partial charge < -0.3 is 4.74 Å². The van der Waals surface area contributed by atoms with Gasteiger partial charge in [-0.2, -0.15) is 0 Å². The van der Waals surface area contributed by atoms with Gasteiger partial charge in [-0.1, -0.05) is 78.9 Å². The van der Waals surface area contributed by atoms with Gasteiger partial charge in [0.2, 0.25) is 0 Å². The summed E-state index contributed by atoms with van der Waals surface area (Å²) in [5, 5.41) is 5.04. The van der Waals surface area contributed by atoms with Gasteiger partial charge in [-0.25, -0.2) is 0 Å². The van der Waals surface area contributed by atoms with Crippen LogP contribution in [0.3, 0.4) is 0 Å². The van der Waals surface area contributed by atoms with E-state index in [1.54, 1.807) is 0 Å². The number of allylic oxidation sites excluding steroid dienone is 1. The summed E-state index contributed by atoms with van der Waals surface area (Å²) in [5.41, 5.74) is 4.99. The van der Waals surface area contributed by atoms with Crippen molar-refractivity contribution in [3.05, 3.63) is 107 Å². The minimum absolute atomic E-state index is 0.199. The van der Waals surface area contributed by atoms with Crippen molar-refractivity contribution >= 4 is 39.7 Å². The average molecular weight is 390 g/mol. The highest BCUT2D eigenvalue weighted by molar-refractivity contribution is 5.93. The number of benzene rings is 4. The largest absolute Gasteiger partial charge is 0.468 e. The van der Waals surface area contributed by atoms with E-state index in [0.29, 0.717) is 0 Å². The molecular weight excluding hydrogens is 368 g/mol. The minimum atomic E-state index is -0.250. The van der Waals surface area contributed by atoms with E-state index in [1.165, 1.54) is 34.4 Å². The van der Waals surface area contributed by atoms with Gasteiger partial charge >= 0.3 is 5.97 Å². The second-order valence-corrected chi connectivity index (χ2v) is 7.69. The Bertz CT molecular complexity index is 1330. The normalized spacial score (nSPS) is 15.6. The van der Waals surface area contributed by atoms with Crippen molar-refractivity contribution in [1.29, 1.82) is 0 Å². The van der Waals surface area contributed by atoms with Gasteiger partial charge in [-0.3, -0.25) is 4.79 Å². The molecule has 6 rings (SSSR count). The van der Waals surface area contributed by atoms with E-state index in [0.717, 1.165) is 22.9 Å². The van der Waals surface area contributed by atoms with E-state index in [1.807, 2.05) is 24.3 Å². The molecule has 4 aromatic carbocycles. The van der Waals surface area contributed by atoms with Crippen molar-refractivity contribution in [2.45, 2.75) is 12.3 Å². The Morgan fingerprint density at radius 2 is 1.40 bits per heavy atom. The lowest BCUT2D eigenvalue weighted by Crippen LogP contribution is -2.10. The molecule has 0 saturated heterocycles. The van der Waals surface area contributed by atoms with Gasteiger partial charge in [0.25, 0.3) is 0 Å². The number of hydrogen-bond donors (Lipinski definition) is 0. The van der Waals surface area contributed by atoms with E-state index in [4.69, 9.17) is 4.74 Å². The van der Waals surface area contributed by atoms with Crippen LogP contribution in [0.5, 0.6) is 0 Å². The SMILES string of the molecule is C1=Cc2cc3ccccc3cc2C1.COC(=O)C1C=Cc2cc3ccccc3cc21.